The molecule has 1 aliphatic rings. The second-order valence-electron chi connectivity index (χ2n) is 6.40. The minimum atomic E-state index is -3.39. The molecule has 118 valence electrons. The Morgan fingerprint density at radius 3 is 2.05 bits per heavy atom. The van der Waals surface area contributed by atoms with Crippen LogP contribution in [-0.4, -0.2) is 25.8 Å². The molecule has 1 aromatic rings. The normalized spacial score (nSPS) is 15.7. The molecule has 0 N–H and O–H groups in total. The lowest BCUT2D eigenvalue weighted by atomic mass is 10.0. The zero-order valence-electron chi connectivity index (χ0n) is 13.9. The highest BCUT2D eigenvalue weighted by Gasteiger charge is 2.33. The Hall–Kier alpha value is -0.870. The maximum atomic E-state index is 13.2. The standard InChI is InChI=1S/C17H27NO2S/c1-6-9-18(11-16-7-8-16)21(19,20)17-14(4)12(2)10-13(3)15(17)5/h10,16H,6-9,11H2,1-5H3. The zero-order chi connectivity index (χ0) is 15.8. The first-order chi connectivity index (χ1) is 9.78. The van der Waals surface area contributed by atoms with Crippen LogP contribution in [0.5, 0.6) is 0 Å². The molecule has 1 fully saturated rings. The molecule has 21 heavy (non-hydrogen) atoms. The fraction of sp³-hybridized carbons (Fsp3) is 0.647. The summed E-state index contributed by atoms with van der Waals surface area (Å²) in [6.45, 7) is 11.2. The summed E-state index contributed by atoms with van der Waals surface area (Å²) in [5.74, 6) is 0.567. The number of nitrogens with zero attached hydrogens (tertiary/aromatic N) is 1. The molecule has 1 saturated carbocycles. The Bertz CT molecular complexity index is 604. The first-order valence-corrected chi connectivity index (χ1v) is 9.30. The lowest BCUT2D eigenvalue weighted by Gasteiger charge is -2.25. The summed E-state index contributed by atoms with van der Waals surface area (Å²) in [4.78, 5) is 0.536. The van der Waals surface area contributed by atoms with Gasteiger partial charge in [-0.1, -0.05) is 13.0 Å². The van der Waals surface area contributed by atoms with E-state index in [1.54, 1.807) is 4.31 Å². The Kier molecular flexibility index (Phi) is 4.79. The van der Waals surface area contributed by atoms with Crippen LogP contribution in [0.1, 0.15) is 48.4 Å². The van der Waals surface area contributed by atoms with E-state index in [1.807, 2.05) is 34.6 Å². The van der Waals surface area contributed by atoms with Crippen LogP contribution in [0.3, 0.4) is 0 Å². The van der Waals surface area contributed by atoms with Crippen LogP contribution in [-0.2, 0) is 10.0 Å². The molecule has 0 saturated heterocycles. The quantitative estimate of drug-likeness (QED) is 0.803. The highest BCUT2D eigenvalue weighted by atomic mass is 32.2. The smallest absolute Gasteiger partial charge is 0.207 e. The molecule has 4 heteroatoms. The molecule has 0 amide bonds. The van der Waals surface area contributed by atoms with Gasteiger partial charge in [0.25, 0.3) is 0 Å². The summed E-state index contributed by atoms with van der Waals surface area (Å²) in [5.41, 5.74) is 3.91. The molecule has 0 atom stereocenters. The largest absolute Gasteiger partial charge is 0.243 e. The average molecular weight is 309 g/mol. The summed E-state index contributed by atoms with van der Waals surface area (Å²) < 4.78 is 28.0. The predicted octanol–water partition coefficient (Wildman–Crippen LogP) is 3.73. The highest BCUT2D eigenvalue weighted by molar-refractivity contribution is 7.89. The first-order valence-electron chi connectivity index (χ1n) is 7.86. The Morgan fingerprint density at radius 1 is 1.10 bits per heavy atom. The fourth-order valence-corrected chi connectivity index (χ4v) is 5.03. The van der Waals surface area contributed by atoms with Crippen molar-refractivity contribution in [2.45, 2.75) is 58.8 Å². The summed E-state index contributed by atoms with van der Waals surface area (Å²) in [6, 6.07) is 2.08. The van der Waals surface area contributed by atoms with Crippen molar-refractivity contribution in [1.82, 2.24) is 4.31 Å². The molecular weight excluding hydrogens is 282 g/mol. The van der Waals surface area contributed by atoms with Gasteiger partial charge in [0.2, 0.25) is 10.0 Å². The van der Waals surface area contributed by atoms with Crippen LogP contribution in [0.25, 0.3) is 0 Å². The van der Waals surface area contributed by atoms with Crippen LogP contribution in [0.15, 0.2) is 11.0 Å². The van der Waals surface area contributed by atoms with E-state index in [0.29, 0.717) is 23.9 Å². The number of hydrogen-bond donors (Lipinski definition) is 0. The van der Waals surface area contributed by atoms with Crippen LogP contribution < -0.4 is 0 Å². The topological polar surface area (TPSA) is 37.4 Å². The Balaban J connectivity index is 2.50. The lowest BCUT2D eigenvalue weighted by molar-refractivity contribution is 0.395. The average Bonchev–Trinajstić information content (AvgIpc) is 3.20. The molecule has 2 rings (SSSR count). The van der Waals surface area contributed by atoms with Crippen molar-refractivity contribution < 1.29 is 8.42 Å². The van der Waals surface area contributed by atoms with Crippen molar-refractivity contribution >= 4 is 10.0 Å². The summed E-state index contributed by atoms with van der Waals surface area (Å²) in [6.07, 6.45) is 3.19. The van der Waals surface area contributed by atoms with E-state index in [1.165, 1.54) is 12.8 Å². The second-order valence-corrected chi connectivity index (χ2v) is 8.27. The van der Waals surface area contributed by atoms with Crippen molar-refractivity contribution in [3.8, 4) is 0 Å². The minimum Gasteiger partial charge on any atom is -0.207 e. The van der Waals surface area contributed by atoms with E-state index < -0.39 is 10.0 Å². The Labute approximate surface area is 129 Å². The van der Waals surface area contributed by atoms with E-state index in [-0.39, 0.29) is 0 Å². The monoisotopic (exact) mass is 309 g/mol. The van der Waals surface area contributed by atoms with Gasteiger partial charge in [-0.3, -0.25) is 0 Å². The van der Waals surface area contributed by atoms with E-state index in [9.17, 15) is 8.42 Å². The summed E-state index contributed by atoms with van der Waals surface area (Å²) in [5, 5.41) is 0. The number of rotatable bonds is 6. The SMILES string of the molecule is CCCN(CC1CC1)S(=O)(=O)c1c(C)c(C)cc(C)c1C. The fourth-order valence-electron chi connectivity index (χ4n) is 2.84. The molecule has 0 aliphatic heterocycles. The molecule has 0 radical (unpaired) electrons. The zero-order valence-corrected chi connectivity index (χ0v) is 14.7. The summed E-state index contributed by atoms with van der Waals surface area (Å²) in [7, 11) is -3.39. The predicted molar refractivity (Wildman–Crippen MR) is 87.2 cm³/mol. The third kappa shape index (κ3) is 3.32. The second kappa shape index (κ2) is 6.09. The van der Waals surface area contributed by atoms with Gasteiger partial charge in [0.15, 0.2) is 0 Å². The van der Waals surface area contributed by atoms with E-state index in [0.717, 1.165) is 28.7 Å². The van der Waals surface area contributed by atoms with Gasteiger partial charge in [-0.25, -0.2) is 8.42 Å². The number of benzene rings is 1. The molecule has 0 spiro atoms. The molecule has 0 bridgehead atoms. The van der Waals surface area contributed by atoms with E-state index in [2.05, 4.69) is 6.07 Å². The van der Waals surface area contributed by atoms with Crippen LogP contribution in [0, 0.1) is 33.6 Å². The number of hydrogen-bond acceptors (Lipinski definition) is 2. The van der Waals surface area contributed by atoms with Gasteiger partial charge in [-0.05, 0) is 75.1 Å². The van der Waals surface area contributed by atoms with Gasteiger partial charge in [0.05, 0.1) is 4.90 Å². The van der Waals surface area contributed by atoms with Crippen molar-refractivity contribution in [2.24, 2.45) is 5.92 Å². The van der Waals surface area contributed by atoms with Crippen molar-refractivity contribution in [3.05, 3.63) is 28.3 Å². The third-order valence-electron chi connectivity index (χ3n) is 4.53. The molecule has 1 aromatic carbocycles. The number of aryl methyl sites for hydroxylation is 2. The van der Waals surface area contributed by atoms with Gasteiger partial charge >= 0.3 is 0 Å². The van der Waals surface area contributed by atoms with Crippen molar-refractivity contribution in [3.63, 3.8) is 0 Å². The lowest BCUT2D eigenvalue weighted by Crippen LogP contribution is -2.34. The van der Waals surface area contributed by atoms with Gasteiger partial charge in [-0.15, -0.1) is 0 Å². The highest BCUT2D eigenvalue weighted by Crippen LogP contribution is 2.34. The maximum absolute atomic E-state index is 13.2. The molecule has 0 heterocycles. The van der Waals surface area contributed by atoms with Crippen molar-refractivity contribution in [2.75, 3.05) is 13.1 Å². The van der Waals surface area contributed by atoms with Crippen LogP contribution in [0.2, 0.25) is 0 Å². The molecule has 0 unspecified atom stereocenters. The van der Waals surface area contributed by atoms with Gasteiger partial charge < -0.3 is 0 Å². The first kappa shape index (κ1) is 16.5. The molecule has 0 aromatic heterocycles. The van der Waals surface area contributed by atoms with E-state index in [4.69, 9.17) is 0 Å². The van der Waals surface area contributed by atoms with Crippen molar-refractivity contribution in [1.29, 1.82) is 0 Å². The van der Waals surface area contributed by atoms with Crippen LogP contribution >= 0.6 is 0 Å². The van der Waals surface area contributed by atoms with Crippen LogP contribution in [0.4, 0.5) is 0 Å². The molecule has 3 nitrogen and oxygen atoms in total. The Morgan fingerprint density at radius 2 is 1.62 bits per heavy atom. The number of sulfonamides is 1. The summed E-state index contributed by atoms with van der Waals surface area (Å²) >= 11 is 0. The molecule has 1 aliphatic carbocycles. The van der Waals surface area contributed by atoms with Gasteiger partial charge in [-0.2, -0.15) is 4.31 Å². The van der Waals surface area contributed by atoms with Gasteiger partial charge in [0, 0.05) is 13.1 Å². The third-order valence-corrected chi connectivity index (χ3v) is 6.67. The minimum absolute atomic E-state index is 0.536. The maximum Gasteiger partial charge on any atom is 0.243 e. The van der Waals surface area contributed by atoms with E-state index >= 15 is 0 Å². The molecular formula is C17H27NO2S. The van der Waals surface area contributed by atoms with Gasteiger partial charge in [0.1, 0.15) is 0 Å².